The first-order chi connectivity index (χ1) is 17.6. The number of nitrogens with zero attached hydrogens (tertiary/aromatic N) is 1. The van der Waals surface area contributed by atoms with Gasteiger partial charge < -0.3 is 9.84 Å². The van der Waals surface area contributed by atoms with Gasteiger partial charge in [-0.1, -0.05) is 44.0 Å². The number of nitrogens with one attached hydrogen (secondary N) is 1. The van der Waals surface area contributed by atoms with Crippen LogP contribution in [0.2, 0.25) is 0 Å². The lowest BCUT2D eigenvalue weighted by Gasteiger charge is -2.41. The first-order valence-corrected chi connectivity index (χ1v) is 14.7. The van der Waals surface area contributed by atoms with Crippen LogP contribution < -0.4 is 9.46 Å². The fourth-order valence-corrected chi connectivity index (χ4v) is 8.27. The van der Waals surface area contributed by atoms with Crippen LogP contribution in [0.3, 0.4) is 0 Å². The van der Waals surface area contributed by atoms with E-state index >= 15 is 0 Å². The molecule has 37 heavy (non-hydrogen) atoms. The summed E-state index contributed by atoms with van der Waals surface area (Å²) in [6, 6.07) is 10.1. The van der Waals surface area contributed by atoms with Crippen LogP contribution >= 0.6 is 11.3 Å². The predicted molar refractivity (Wildman–Crippen MR) is 140 cm³/mol. The molecule has 2 saturated carbocycles. The van der Waals surface area contributed by atoms with Crippen LogP contribution in [0.4, 0.5) is 10.1 Å². The second-order valence-corrected chi connectivity index (χ2v) is 12.6. The Labute approximate surface area is 219 Å². The second kappa shape index (κ2) is 9.72. The topological polar surface area (TPSA) is 106 Å². The average Bonchev–Trinajstić information content (AvgIpc) is 3.51. The molecule has 5 rings (SSSR count). The van der Waals surface area contributed by atoms with Crippen molar-refractivity contribution in [1.82, 2.24) is 4.98 Å². The standard InChI is InChI=1S/C27H29FN2O5S2/c1-3-27(13-16-4-5-17(10-16)14-27)19-8-6-18(7-9-19)25-29-24(15-36-25)37(33,34)30-22-12-21(28)20(26(31)32)11-23(22)35-2/h6-9,11-12,15-17,30H,3-5,10,13-14H2,1-2H3,(H,31,32)/t16-,17?,27?/m0/s1. The fourth-order valence-electron chi connectivity index (χ4n) is 6.11. The van der Waals surface area contributed by atoms with Gasteiger partial charge in [0.2, 0.25) is 0 Å². The summed E-state index contributed by atoms with van der Waals surface area (Å²) in [5.74, 6) is -1.04. The summed E-state index contributed by atoms with van der Waals surface area (Å²) in [6.45, 7) is 2.28. The number of hydrogen-bond donors (Lipinski definition) is 2. The Morgan fingerprint density at radius 1 is 1.22 bits per heavy atom. The maximum atomic E-state index is 14.2. The molecule has 0 spiro atoms. The Balaban J connectivity index is 1.37. The summed E-state index contributed by atoms with van der Waals surface area (Å²) in [6.07, 6.45) is 7.65. The third kappa shape index (κ3) is 4.84. The first kappa shape index (κ1) is 25.7. The van der Waals surface area contributed by atoms with E-state index in [-0.39, 0.29) is 21.9 Å². The van der Waals surface area contributed by atoms with Crippen molar-refractivity contribution in [3.05, 3.63) is 58.7 Å². The number of hydrogen-bond acceptors (Lipinski definition) is 6. The van der Waals surface area contributed by atoms with E-state index in [1.807, 2.05) is 12.1 Å². The number of sulfonamides is 1. The number of methoxy groups -OCH3 is 1. The van der Waals surface area contributed by atoms with Gasteiger partial charge in [0.1, 0.15) is 16.6 Å². The Kier molecular flexibility index (Phi) is 6.74. The van der Waals surface area contributed by atoms with E-state index in [1.54, 1.807) is 0 Å². The molecule has 2 aliphatic rings. The molecule has 1 aromatic heterocycles. The van der Waals surface area contributed by atoms with E-state index in [2.05, 4.69) is 28.8 Å². The third-order valence-electron chi connectivity index (χ3n) is 7.95. The van der Waals surface area contributed by atoms with Gasteiger partial charge in [-0.2, -0.15) is 8.42 Å². The van der Waals surface area contributed by atoms with Gasteiger partial charge in [0, 0.05) is 17.0 Å². The second-order valence-electron chi connectivity index (χ2n) is 10.1. The van der Waals surface area contributed by atoms with Crippen molar-refractivity contribution in [3.63, 3.8) is 0 Å². The summed E-state index contributed by atoms with van der Waals surface area (Å²) in [7, 11) is -2.93. The van der Waals surface area contributed by atoms with Crippen LogP contribution in [-0.4, -0.2) is 31.6 Å². The van der Waals surface area contributed by atoms with E-state index in [0.29, 0.717) is 5.01 Å². The zero-order valence-electron chi connectivity index (χ0n) is 20.7. The van der Waals surface area contributed by atoms with Gasteiger partial charge in [0.05, 0.1) is 18.4 Å². The van der Waals surface area contributed by atoms with E-state index in [0.717, 1.165) is 36.0 Å². The average molecular weight is 545 g/mol. The number of fused-ring (bicyclic) bond motifs is 2. The van der Waals surface area contributed by atoms with Crippen LogP contribution in [0.25, 0.3) is 10.6 Å². The van der Waals surface area contributed by atoms with Gasteiger partial charge >= 0.3 is 5.97 Å². The lowest BCUT2D eigenvalue weighted by atomic mass is 9.64. The number of halogens is 1. The molecule has 0 radical (unpaired) electrons. The van der Waals surface area contributed by atoms with Gasteiger partial charge in [-0.3, -0.25) is 4.72 Å². The highest BCUT2D eigenvalue weighted by Gasteiger charge is 2.43. The van der Waals surface area contributed by atoms with E-state index < -0.39 is 27.4 Å². The normalized spacial score (nSPS) is 23.1. The molecule has 10 heteroatoms. The van der Waals surface area contributed by atoms with Crippen LogP contribution in [-0.2, 0) is 15.4 Å². The molecule has 196 valence electrons. The number of ether oxygens (including phenoxy) is 1. The fraction of sp³-hybridized carbons (Fsp3) is 0.407. The van der Waals surface area contributed by atoms with Gasteiger partial charge in [0.15, 0.2) is 5.03 Å². The van der Waals surface area contributed by atoms with Crippen LogP contribution in [0, 0.1) is 17.7 Å². The molecule has 3 atom stereocenters. The Hall–Kier alpha value is -2.98. The highest BCUT2D eigenvalue weighted by atomic mass is 32.2. The maximum absolute atomic E-state index is 14.2. The number of aromatic nitrogens is 1. The summed E-state index contributed by atoms with van der Waals surface area (Å²) < 4.78 is 47.5. The van der Waals surface area contributed by atoms with Gasteiger partial charge in [-0.25, -0.2) is 14.2 Å². The highest BCUT2D eigenvalue weighted by Crippen LogP contribution is 2.53. The molecule has 2 bridgehead atoms. The van der Waals surface area contributed by atoms with Crippen molar-refractivity contribution in [2.45, 2.75) is 55.9 Å². The van der Waals surface area contributed by atoms with E-state index in [4.69, 9.17) is 9.84 Å². The summed E-state index contributed by atoms with van der Waals surface area (Å²) >= 11 is 1.20. The van der Waals surface area contributed by atoms with E-state index in [1.165, 1.54) is 61.5 Å². The van der Waals surface area contributed by atoms with Gasteiger partial charge in [0.25, 0.3) is 10.0 Å². The third-order valence-corrected chi connectivity index (χ3v) is 10.2. The Morgan fingerprint density at radius 2 is 1.89 bits per heavy atom. The Morgan fingerprint density at radius 3 is 2.49 bits per heavy atom. The minimum atomic E-state index is -4.17. The van der Waals surface area contributed by atoms with Crippen LogP contribution in [0.5, 0.6) is 5.75 Å². The number of carboxylic acids is 1. The number of rotatable bonds is 8. The number of thiazole rings is 1. The Bertz CT molecular complexity index is 1420. The maximum Gasteiger partial charge on any atom is 0.338 e. The van der Waals surface area contributed by atoms with Gasteiger partial charge in [-0.05, 0) is 54.6 Å². The largest absolute Gasteiger partial charge is 0.495 e. The SMILES string of the molecule is CCC1(c2ccc(-c3nc(S(=O)(=O)Nc4cc(F)c(C(=O)O)cc4OC)cs3)cc2)CC2CC[C@@H](C2)C1. The molecule has 3 aromatic rings. The number of aromatic carboxylic acids is 1. The van der Waals surface area contributed by atoms with Crippen LogP contribution in [0.1, 0.15) is 61.4 Å². The molecule has 7 nitrogen and oxygen atoms in total. The van der Waals surface area contributed by atoms with E-state index in [9.17, 15) is 17.6 Å². The minimum absolute atomic E-state index is 0.116. The van der Waals surface area contributed by atoms with Crippen molar-refractivity contribution in [3.8, 4) is 16.3 Å². The molecule has 2 unspecified atom stereocenters. The molecule has 0 saturated heterocycles. The first-order valence-electron chi connectivity index (χ1n) is 12.3. The molecule has 0 aliphatic heterocycles. The van der Waals surface area contributed by atoms with Crippen molar-refractivity contribution in [2.75, 3.05) is 11.8 Å². The lowest BCUT2D eigenvalue weighted by Crippen LogP contribution is -2.33. The number of anilines is 1. The number of benzene rings is 2. The molecular formula is C27H29FN2O5S2. The van der Waals surface area contributed by atoms with Crippen molar-refractivity contribution in [1.29, 1.82) is 0 Å². The van der Waals surface area contributed by atoms with Crippen molar-refractivity contribution in [2.24, 2.45) is 11.8 Å². The number of carboxylic acid groups (broad SMARTS) is 1. The molecule has 0 amide bonds. The highest BCUT2D eigenvalue weighted by molar-refractivity contribution is 7.92. The zero-order chi connectivity index (χ0) is 26.4. The number of carbonyl (C=O) groups is 1. The quantitative estimate of drug-likeness (QED) is 0.344. The predicted octanol–water partition coefficient (Wildman–Crippen LogP) is 6.31. The lowest BCUT2D eigenvalue weighted by molar-refractivity contribution is 0.0691. The van der Waals surface area contributed by atoms with Gasteiger partial charge in [-0.15, -0.1) is 11.3 Å². The smallest absolute Gasteiger partial charge is 0.338 e. The molecule has 2 N–H and O–H groups in total. The molecular weight excluding hydrogens is 515 g/mol. The summed E-state index contributed by atoms with van der Waals surface area (Å²) in [5, 5.41) is 10.9. The minimum Gasteiger partial charge on any atom is -0.495 e. The molecule has 2 aromatic carbocycles. The van der Waals surface area contributed by atoms with Crippen molar-refractivity contribution >= 4 is 33.0 Å². The molecule has 2 fully saturated rings. The van der Waals surface area contributed by atoms with Crippen LogP contribution in [0.15, 0.2) is 46.8 Å². The molecule has 2 aliphatic carbocycles. The van der Waals surface area contributed by atoms with Crippen molar-refractivity contribution < 1.29 is 27.4 Å². The summed E-state index contributed by atoms with van der Waals surface area (Å²) in [5.41, 5.74) is 1.56. The monoisotopic (exact) mass is 544 g/mol. The summed E-state index contributed by atoms with van der Waals surface area (Å²) in [4.78, 5) is 15.5. The zero-order valence-corrected chi connectivity index (χ0v) is 22.3. The molecule has 1 heterocycles.